The maximum atomic E-state index is 11.1. The van der Waals surface area contributed by atoms with Crippen LogP contribution in [0.2, 0.25) is 0 Å². The maximum Gasteiger partial charge on any atom is 0.305 e. The quantitative estimate of drug-likeness (QED) is 0.923. The van der Waals surface area contributed by atoms with Crippen molar-refractivity contribution in [2.45, 2.75) is 19.4 Å². The van der Waals surface area contributed by atoms with Crippen LogP contribution in [0.15, 0.2) is 22.7 Å². The van der Waals surface area contributed by atoms with E-state index >= 15 is 0 Å². The average molecular weight is 328 g/mol. The van der Waals surface area contributed by atoms with Crippen molar-refractivity contribution in [2.75, 3.05) is 26.3 Å². The van der Waals surface area contributed by atoms with Crippen LogP contribution in [0.25, 0.3) is 0 Å². The van der Waals surface area contributed by atoms with Gasteiger partial charge in [0.2, 0.25) is 0 Å². The minimum Gasteiger partial charge on any atom is -0.481 e. The molecule has 19 heavy (non-hydrogen) atoms. The van der Waals surface area contributed by atoms with E-state index in [1.807, 2.05) is 25.1 Å². The van der Waals surface area contributed by atoms with Crippen molar-refractivity contribution in [1.82, 2.24) is 4.90 Å². The maximum absolute atomic E-state index is 11.1. The zero-order valence-corrected chi connectivity index (χ0v) is 12.5. The van der Waals surface area contributed by atoms with E-state index in [1.165, 1.54) is 0 Å². The summed E-state index contributed by atoms with van der Waals surface area (Å²) in [5, 5.41) is 9.13. The summed E-state index contributed by atoms with van der Waals surface area (Å²) in [7, 11) is 0. The van der Waals surface area contributed by atoms with Crippen molar-refractivity contribution in [2.24, 2.45) is 0 Å². The summed E-state index contributed by atoms with van der Waals surface area (Å²) in [5.74, 6) is -0.770. The Balaban J connectivity index is 2.24. The second kappa shape index (κ2) is 6.50. The van der Waals surface area contributed by atoms with E-state index in [4.69, 9.17) is 9.84 Å². The first-order chi connectivity index (χ1) is 9.08. The third kappa shape index (κ3) is 3.78. The van der Waals surface area contributed by atoms with Gasteiger partial charge in [-0.25, -0.2) is 0 Å². The molecule has 4 nitrogen and oxygen atoms in total. The molecule has 1 aliphatic heterocycles. The van der Waals surface area contributed by atoms with Gasteiger partial charge >= 0.3 is 5.97 Å². The summed E-state index contributed by atoms with van der Waals surface area (Å²) in [6, 6.07) is 5.98. The van der Waals surface area contributed by atoms with Crippen LogP contribution in [0.5, 0.6) is 0 Å². The zero-order chi connectivity index (χ0) is 13.8. The number of rotatable bonds is 4. The molecule has 1 aromatic rings. The van der Waals surface area contributed by atoms with Crippen molar-refractivity contribution in [3.63, 3.8) is 0 Å². The molecule has 1 heterocycles. The van der Waals surface area contributed by atoms with Crippen molar-refractivity contribution in [1.29, 1.82) is 0 Å². The van der Waals surface area contributed by atoms with Gasteiger partial charge in [0.15, 0.2) is 0 Å². The van der Waals surface area contributed by atoms with Crippen LogP contribution >= 0.6 is 15.9 Å². The van der Waals surface area contributed by atoms with Crippen LogP contribution in [0.3, 0.4) is 0 Å². The molecule has 2 rings (SSSR count). The highest BCUT2D eigenvalue weighted by Crippen LogP contribution is 2.28. The molecule has 1 aliphatic rings. The van der Waals surface area contributed by atoms with E-state index in [2.05, 4.69) is 20.8 Å². The monoisotopic (exact) mass is 327 g/mol. The Labute approximate surface area is 121 Å². The van der Waals surface area contributed by atoms with Crippen LogP contribution < -0.4 is 0 Å². The fourth-order valence-corrected chi connectivity index (χ4v) is 2.73. The lowest BCUT2D eigenvalue weighted by Gasteiger charge is -2.34. The smallest absolute Gasteiger partial charge is 0.305 e. The Morgan fingerprint density at radius 1 is 1.47 bits per heavy atom. The molecule has 0 spiro atoms. The van der Waals surface area contributed by atoms with Crippen LogP contribution in [0.1, 0.15) is 23.6 Å². The number of nitrogens with zero attached hydrogens (tertiary/aromatic N) is 1. The molecule has 104 valence electrons. The first kappa shape index (κ1) is 14.5. The first-order valence-corrected chi connectivity index (χ1v) is 7.17. The van der Waals surface area contributed by atoms with Crippen molar-refractivity contribution in [3.8, 4) is 0 Å². The van der Waals surface area contributed by atoms with E-state index in [1.54, 1.807) is 0 Å². The Morgan fingerprint density at radius 2 is 2.16 bits per heavy atom. The molecule has 0 bridgehead atoms. The number of benzene rings is 1. The normalized spacial score (nSPS) is 18.2. The lowest BCUT2D eigenvalue weighted by Crippen LogP contribution is -2.39. The summed E-state index contributed by atoms with van der Waals surface area (Å²) in [5.41, 5.74) is 2.20. The van der Waals surface area contributed by atoms with Gasteiger partial charge in [-0.1, -0.05) is 28.1 Å². The topological polar surface area (TPSA) is 49.8 Å². The Kier molecular flexibility index (Phi) is 4.96. The minimum absolute atomic E-state index is 0.0849. The Hall–Kier alpha value is -0.910. The van der Waals surface area contributed by atoms with Gasteiger partial charge in [-0.2, -0.15) is 0 Å². The number of carboxylic acid groups (broad SMARTS) is 1. The average Bonchev–Trinajstić information content (AvgIpc) is 2.40. The highest BCUT2D eigenvalue weighted by Gasteiger charge is 2.25. The third-order valence-electron chi connectivity index (χ3n) is 3.44. The van der Waals surface area contributed by atoms with Gasteiger partial charge in [0.05, 0.1) is 19.6 Å². The second-order valence-electron chi connectivity index (χ2n) is 4.77. The predicted octanol–water partition coefficient (Wildman–Crippen LogP) is 2.61. The number of aliphatic carboxylic acids is 1. The van der Waals surface area contributed by atoms with Crippen molar-refractivity contribution in [3.05, 3.63) is 33.8 Å². The number of hydrogen-bond donors (Lipinski definition) is 1. The summed E-state index contributed by atoms with van der Waals surface area (Å²) < 4.78 is 6.36. The summed E-state index contributed by atoms with van der Waals surface area (Å²) in [6.45, 7) is 4.92. The molecule has 1 unspecified atom stereocenters. The van der Waals surface area contributed by atoms with E-state index in [-0.39, 0.29) is 12.5 Å². The number of hydrogen-bond acceptors (Lipinski definition) is 3. The van der Waals surface area contributed by atoms with E-state index in [0.29, 0.717) is 13.2 Å². The molecular weight excluding hydrogens is 310 g/mol. The number of halogens is 1. The number of ether oxygens (including phenoxy) is 1. The summed E-state index contributed by atoms with van der Waals surface area (Å²) in [4.78, 5) is 13.3. The van der Waals surface area contributed by atoms with Crippen molar-refractivity contribution < 1.29 is 14.6 Å². The lowest BCUT2D eigenvalue weighted by atomic mass is 10.0. The Bertz CT molecular complexity index is 458. The van der Waals surface area contributed by atoms with Crippen LogP contribution in [0.4, 0.5) is 0 Å². The molecule has 0 saturated carbocycles. The van der Waals surface area contributed by atoms with Gasteiger partial charge in [-0.05, 0) is 24.1 Å². The molecule has 0 aliphatic carbocycles. The predicted molar refractivity (Wildman–Crippen MR) is 76.3 cm³/mol. The highest BCUT2D eigenvalue weighted by atomic mass is 79.9. The minimum atomic E-state index is -0.770. The van der Waals surface area contributed by atoms with Crippen molar-refractivity contribution >= 4 is 21.9 Å². The molecular formula is C14H18BrNO3. The van der Waals surface area contributed by atoms with E-state index in [9.17, 15) is 4.79 Å². The molecule has 1 saturated heterocycles. The molecule has 0 amide bonds. The van der Waals surface area contributed by atoms with E-state index < -0.39 is 5.97 Å². The number of carbonyl (C=O) groups is 1. The van der Waals surface area contributed by atoms with Gasteiger partial charge in [0, 0.05) is 23.6 Å². The van der Waals surface area contributed by atoms with Crippen LogP contribution in [-0.2, 0) is 9.53 Å². The lowest BCUT2D eigenvalue weighted by molar-refractivity contribution is -0.139. The number of aryl methyl sites for hydroxylation is 1. The standard InChI is InChI=1S/C14H18BrNO3/c1-10-2-3-11(8-12(10)15)13(9-14(17)18)16-4-6-19-7-5-16/h2-3,8,13H,4-7,9H2,1H3,(H,17,18). The number of carboxylic acids is 1. The number of morpholine rings is 1. The Morgan fingerprint density at radius 3 is 2.74 bits per heavy atom. The molecule has 5 heteroatoms. The molecule has 0 aromatic heterocycles. The SMILES string of the molecule is Cc1ccc(C(CC(=O)O)N2CCOCC2)cc1Br. The van der Waals surface area contributed by atoms with E-state index in [0.717, 1.165) is 28.7 Å². The first-order valence-electron chi connectivity index (χ1n) is 6.37. The third-order valence-corrected chi connectivity index (χ3v) is 4.29. The van der Waals surface area contributed by atoms with Crippen LogP contribution in [-0.4, -0.2) is 42.3 Å². The fraction of sp³-hybridized carbons (Fsp3) is 0.500. The van der Waals surface area contributed by atoms with Gasteiger partial charge < -0.3 is 9.84 Å². The van der Waals surface area contributed by atoms with Gasteiger partial charge in [-0.15, -0.1) is 0 Å². The molecule has 0 radical (unpaired) electrons. The molecule has 1 atom stereocenters. The molecule has 1 fully saturated rings. The fourth-order valence-electron chi connectivity index (χ4n) is 2.33. The largest absolute Gasteiger partial charge is 0.481 e. The summed E-state index contributed by atoms with van der Waals surface area (Å²) in [6.07, 6.45) is 0.121. The summed E-state index contributed by atoms with van der Waals surface area (Å²) >= 11 is 3.51. The van der Waals surface area contributed by atoms with Crippen LogP contribution in [0, 0.1) is 6.92 Å². The van der Waals surface area contributed by atoms with Gasteiger partial charge in [0.25, 0.3) is 0 Å². The van der Waals surface area contributed by atoms with Gasteiger partial charge in [0.1, 0.15) is 0 Å². The molecule has 1 aromatic carbocycles. The van der Waals surface area contributed by atoms with Gasteiger partial charge in [-0.3, -0.25) is 9.69 Å². The zero-order valence-electron chi connectivity index (χ0n) is 10.9. The highest BCUT2D eigenvalue weighted by molar-refractivity contribution is 9.10. The second-order valence-corrected chi connectivity index (χ2v) is 5.62. The molecule has 1 N–H and O–H groups in total.